The molecule has 0 amide bonds. The van der Waals surface area contributed by atoms with Gasteiger partial charge in [0.25, 0.3) is 5.56 Å². The van der Waals surface area contributed by atoms with Crippen molar-refractivity contribution in [3.63, 3.8) is 0 Å². The number of methoxy groups -OCH3 is 1. The molecule has 0 aliphatic heterocycles. The fraction of sp³-hybridized carbons (Fsp3) is 0.167. The predicted molar refractivity (Wildman–Crippen MR) is 78.6 cm³/mol. The first-order chi connectivity index (χ1) is 8.63. The van der Waals surface area contributed by atoms with Crippen LogP contribution in [0.4, 0.5) is 11.5 Å². The molecule has 1 aromatic heterocycles. The van der Waals surface area contributed by atoms with Crippen molar-refractivity contribution >= 4 is 34.1 Å². The molecule has 0 aliphatic rings. The smallest absolute Gasteiger partial charge is 0.266 e. The standard InChI is InChI=1S/C12H12IN3O2/c1-16(8-3-5-9(18-2)6-4-8)11-10(13)12(17)15-7-14-11/h3-7H,1-2H3,(H,14,15,17). The summed E-state index contributed by atoms with van der Waals surface area (Å²) in [5.41, 5.74) is 0.799. The highest BCUT2D eigenvalue weighted by Gasteiger charge is 2.11. The van der Waals surface area contributed by atoms with Crippen molar-refractivity contribution in [3.05, 3.63) is 44.5 Å². The van der Waals surface area contributed by atoms with Crippen LogP contribution in [0.25, 0.3) is 0 Å². The van der Waals surface area contributed by atoms with Gasteiger partial charge in [-0.15, -0.1) is 0 Å². The third-order valence-electron chi connectivity index (χ3n) is 2.56. The largest absolute Gasteiger partial charge is 0.497 e. The van der Waals surface area contributed by atoms with E-state index in [1.54, 1.807) is 7.11 Å². The average Bonchev–Trinajstić information content (AvgIpc) is 2.41. The molecule has 18 heavy (non-hydrogen) atoms. The molecule has 1 N–H and O–H groups in total. The van der Waals surface area contributed by atoms with E-state index in [9.17, 15) is 4.79 Å². The maximum Gasteiger partial charge on any atom is 0.266 e. The van der Waals surface area contributed by atoms with E-state index >= 15 is 0 Å². The number of hydrogen-bond acceptors (Lipinski definition) is 4. The summed E-state index contributed by atoms with van der Waals surface area (Å²) >= 11 is 1.99. The molecule has 6 heteroatoms. The highest BCUT2D eigenvalue weighted by atomic mass is 127. The Balaban J connectivity index is 2.38. The lowest BCUT2D eigenvalue weighted by Gasteiger charge is -2.19. The molecule has 0 saturated carbocycles. The van der Waals surface area contributed by atoms with Gasteiger partial charge < -0.3 is 14.6 Å². The minimum absolute atomic E-state index is 0.138. The minimum Gasteiger partial charge on any atom is -0.497 e. The van der Waals surface area contributed by atoms with Gasteiger partial charge in [-0.25, -0.2) is 4.98 Å². The highest BCUT2D eigenvalue weighted by Crippen LogP contribution is 2.25. The Hall–Kier alpha value is -1.57. The zero-order chi connectivity index (χ0) is 13.1. The Morgan fingerprint density at radius 3 is 2.61 bits per heavy atom. The number of anilines is 2. The van der Waals surface area contributed by atoms with E-state index in [-0.39, 0.29) is 5.56 Å². The van der Waals surface area contributed by atoms with Crippen molar-refractivity contribution in [2.75, 3.05) is 19.1 Å². The second kappa shape index (κ2) is 5.38. The number of nitrogens with one attached hydrogen (secondary N) is 1. The first-order valence-corrected chi connectivity index (χ1v) is 6.32. The molecule has 0 aliphatic carbocycles. The van der Waals surface area contributed by atoms with Crippen LogP contribution >= 0.6 is 22.6 Å². The number of rotatable bonds is 3. The highest BCUT2D eigenvalue weighted by molar-refractivity contribution is 14.1. The molecular formula is C12H12IN3O2. The monoisotopic (exact) mass is 357 g/mol. The molecule has 94 valence electrons. The fourth-order valence-electron chi connectivity index (χ4n) is 1.54. The molecule has 0 unspecified atom stereocenters. The molecule has 2 aromatic rings. The van der Waals surface area contributed by atoms with E-state index in [1.165, 1.54) is 6.33 Å². The van der Waals surface area contributed by atoms with E-state index in [1.807, 2.05) is 58.8 Å². The SMILES string of the molecule is COc1ccc(N(C)c2nc[nH]c(=O)c2I)cc1. The molecule has 0 fully saturated rings. The molecule has 0 radical (unpaired) electrons. The molecule has 0 saturated heterocycles. The maximum absolute atomic E-state index is 11.5. The number of ether oxygens (including phenoxy) is 1. The number of H-pyrrole nitrogens is 1. The van der Waals surface area contributed by atoms with Crippen LogP contribution in [0.3, 0.4) is 0 Å². The van der Waals surface area contributed by atoms with Crippen LogP contribution in [-0.4, -0.2) is 24.1 Å². The molecule has 1 aromatic carbocycles. The number of aromatic nitrogens is 2. The molecule has 5 nitrogen and oxygen atoms in total. The Morgan fingerprint density at radius 1 is 1.33 bits per heavy atom. The van der Waals surface area contributed by atoms with Crippen molar-refractivity contribution in [2.45, 2.75) is 0 Å². The van der Waals surface area contributed by atoms with Gasteiger partial charge in [0.05, 0.1) is 13.4 Å². The van der Waals surface area contributed by atoms with Crippen molar-refractivity contribution < 1.29 is 4.74 Å². The van der Waals surface area contributed by atoms with Gasteiger partial charge >= 0.3 is 0 Å². The third kappa shape index (κ3) is 2.47. The van der Waals surface area contributed by atoms with Crippen molar-refractivity contribution in [2.24, 2.45) is 0 Å². The zero-order valence-corrected chi connectivity index (χ0v) is 12.1. The topological polar surface area (TPSA) is 58.2 Å². The summed E-state index contributed by atoms with van der Waals surface area (Å²) in [6.45, 7) is 0. The zero-order valence-electron chi connectivity index (χ0n) is 9.98. The fourth-order valence-corrected chi connectivity index (χ4v) is 2.19. The van der Waals surface area contributed by atoms with Crippen LogP contribution in [0.5, 0.6) is 5.75 Å². The van der Waals surface area contributed by atoms with E-state index in [0.717, 1.165) is 11.4 Å². The van der Waals surface area contributed by atoms with Crippen LogP contribution in [0.2, 0.25) is 0 Å². The number of aromatic amines is 1. The summed E-state index contributed by atoms with van der Waals surface area (Å²) in [7, 11) is 3.49. The van der Waals surface area contributed by atoms with Crippen LogP contribution in [0, 0.1) is 3.57 Å². The van der Waals surface area contributed by atoms with Crippen molar-refractivity contribution in [1.82, 2.24) is 9.97 Å². The van der Waals surface area contributed by atoms with Crippen LogP contribution in [0.1, 0.15) is 0 Å². The second-order valence-corrected chi connectivity index (χ2v) is 4.71. The molecular weight excluding hydrogens is 345 g/mol. The van der Waals surface area contributed by atoms with E-state index in [0.29, 0.717) is 9.39 Å². The van der Waals surface area contributed by atoms with Gasteiger partial charge in [-0.05, 0) is 46.9 Å². The van der Waals surface area contributed by atoms with Crippen molar-refractivity contribution in [1.29, 1.82) is 0 Å². The quantitative estimate of drug-likeness (QED) is 0.856. The first-order valence-electron chi connectivity index (χ1n) is 5.24. The lowest BCUT2D eigenvalue weighted by Crippen LogP contribution is -2.19. The third-order valence-corrected chi connectivity index (χ3v) is 3.53. The number of halogens is 1. The van der Waals surface area contributed by atoms with E-state index in [2.05, 4.69) is 9.97 Å². The maximum atomic E-state index is 11.5. The van der Waals surface area contributed by atoms with Crippen LogP contribution in [-0.2, 0) is 0 Å². The van der Waals surface area contributed by atoms with Gasteiger partial charge in [0.1, 0.15) is 9.32 Å². The van der Waals surface area contributed by atoms with Gasteiger partial charge in [0.15, 0.2) is 5.82 Å². The predicted octanol–water partition coefficient (Wildman–Crippen LogP) is 2.15. The summed E-state index contributed by atoms with van der Waals surface area (Å²) < 4.78 is 5.67. The molecule has 0 bridgehead atoms. The minimum atomic E-state index is -0.138. The average molecular weight is 357 g/mol. The van der Waals surface area contributed by atoms with Crippen molar-refractivity contribution in [3.8, 4) is 5.75 Å². The molecule has 0 atom stereocenters. The summed E-state index contributed by atoms with van der Waals surface area (Å²) in [6.07, 6.45) is 1.40. The molecule has 2 rings (SSSR count). The summed E-state index contributed by atoms with van der Waals surface area (Å²) in [5, 5.41) is 0. The van der Waals surface area contributed by atoms with Gasteiger partial charge in [0, 0.05) is 12.7 Å². The first kappa shape index (κ1) is 12.9. The van der Waals surface area contributed by atoms with E-state index < -0.39 is 0 Å². The Morgan fingerprint density at radius 2 is 2.00 bits per heavy atom. The van der Waals surface area contributed by atoms with Gasteiger partial charge in [-0.3, -0.25) is 4.79 Å². The summed E-state index contributed by atoms with van der Waals surface area (Å²) in [6, 6.07) is 7.56. The Labute approximate surface area is 118 Å². The van der Waals surface area contributed by atoms with Gasteiger partial charge in [0.2, 0.25) is 0 Å². The van der Waals surface area contributed by atoms with E-state index in [4.69, 9.17) is 4.74 Å². The Bertz CT molecular complexity index is 595. The molecule has 1 heterocycles. The van der Waals surface area contributed by atoms with Gasteiger partial charge in [-0.2, -0.15) is 0 Å². The summed E-state index contributed by atoms with van der Waals surface area (Å²) in [4.78, 5) is 20.1. The number of benzene rings is 1. The Kier molecular flexibility index (Phi) is 3.85. The molecule has 0 spiro atoms. The second-order valence-electron chi connectivity index (χ2n) is 3.63. The lowest BCUT2D eigenvalue weighted by molar-refractivity contribution is 0.415. The van der Waals surface area contributed by atoms with Crippen LogP contribution < -0.4 is 15.2 Å². The van der Waals surface area contributed by atoms with Gasteiger partial charge in [-0.1, -0.05) is 0 Å². The number of hydrogen-bond donors (Lipinski definition) is 1. The normalized spacial score (nSPS) is 10.2. The summed E-state index contributed by atoms with van der Waals surface area (Å²) in [5.74, 6) is 1.42. The lowest BCUT2D eigenvalue weighted by atomic mass is 10.3. The number of nitrogens with zero attached hydrogens (tertiary/aromatic N) is 2. The van der Waals surface area contributed by atoms with Crippen LogP contribution in [0.15, 0.2) is 35.4 Å².